The summed E-state index contributed by atoms with van der Waals surface area (Å²) in [4.78, 5) is 85.7. The second-order valence-electron chi connectivity index (χ2n) is 16.1. The summed E-state index contributed by atoms with van der Waals surface area (Å²) in [5.74, 6) is -3.59. The third-order valence-corrected chi connectivity index (χ3v) is 13.3. The minimum Gasteiger partial charge on any atom is -0.357 e. The van der Waals surface area contributed by atoms with Crippen molar-refractivity contribution in [3.8, 4) is 0 Å². The number of likely N-dealkylation sites (N-methyl/N-ethyl adjacent to an activating group) is 1. The van der Waals surface area contributed by atoms with Crippen LogP contribution in [0, 0.1) is 9.49 Å². The van der Waals surface area contributed by atoms with E-state index in [0.29, 0.717) is 5.69 Å². The van der Waals surface area contributed by atoms with Gasteiger partial charge in [-0.1, -0.05) is 117 Å². The molecule has 0 radical (unpaired) electrons. The minimum absolute atomic E-state index is 0.0226. The molecule has 16 heteroatoms. The normalized spacial score (nSPS) is 13.6. The van der Waals surface area contributed by atoms with Gasteiger partial charge in [-0.2, -0.15) is 0 Å². The molecule has 0 aliphatic carbocycles. The molecule has 5 rings (SSSR count). The zero-order valence-electron chi connectivity index (χ0n) is 37.3. The van der Waals surface area contributed by atoms with Crippen LogP contribution < -0.4 is 31.9 Å². The molecule has 0 unspecified atom stereocenters. The number of aryl methyl sites for hydroxylation is 1. The minimum atomic E-state index is -1.18. The molecule has 0 aliphatic heterocycles. The van der Waals surface area contributed by atoms with Crippen LogP contribution in [-0.2, 0) is 53.4 Å². The molecule has 0 aliphatic rings. The van der Waals surface area contributed by atoms with Gasteiger partial charge in [-0.05, 0) is 69.8 Å². The lowest BCUT2D eigenvalue weighted by molar-refractivity contribution is -0.135. The van der Waals surface area contributed by atoms with Gasteiger partial charge in [-0.3, -0.25) is 28.8 Å². The fourth-order valence-electron chi connectivity index (χ4n) is 7.37. The van der Waals surface area contributed by atoms with Crippen LogP contribution in [0.2, 0.25) is 0 Å². The lowest BCUT2D eigenvalue weighted by Crippen LogP contribution is -2.60. The van der Waals surface area contributed by atoms with E-state index >= 15 is 0 Å². The maximum Gasteiger partial charge on any atom is 0.243 e. The predicted octanol–water partition coefficient (Wildman–Crippen LogP) is 4.40. The highest BCUT2D eigenvalue weighted by atomic mass is 127. The van der Waals surface area contributed by atoms with Gasteiger partial charge in [-0.25, -0.2) is 4.98 Å². The molecule has 6 amide bonds. The molecule has 65 heavy (non-hydrogen) atoms. The zero-order valence-corrected chi connectivity index (χ0v) is 40.3. The Morgan fingerprint density at radius 2 is 1.14 bits per heavy atom. The molecule has 14 nitrogen and oxygen atoms in total. The molecule has 0 saturated heterocycles. The zero-order chi connectivity index (χ0) is 47.1. The van der Waals surface area contributed by atoms with E-state index in [1.54, 1.807) is 38.0 Å². The summed E-state index contributed by atoms with van der Waals surface area (Å²) in [6.45, 7) is 6.32. The molecule has 1 heterocycles. The Morgan fingerprint density at radius 3 is 1.62 bits per heavy atom. The number of thioether (sulfide) groups is 1. The van der Waals surface area contributed by atoms with Crippen LogP contribution in [0.3, 0.4) is 0 Å². The molecule has 6 N–H and O–H groups in total. The van der Waals surface area contributed by atoms with Gasteiger partial charge in [0, 0.05) is 55.1 Å². The summed E-state index contributed by atoms with van der Waals surface area (Å²) in [6, 6.07) is 32.1. The number of carbonyl (C=O) groups excluding carboxylic acids is 6. The van der Waals surface area contributed by atoms with Crippen LogP contribution in [-0.4, -0.2) is 88.0 Å². The van der Waals surface area contributed by atoms with E-state index in [9.17, 15) is 28.8 Å². The van der Waals surface area contributed by atoms with Crippen molar-refractivity contribution >= 4 is 69.8 Å². The van der Waals surface area contributed by atoms with Crippen LogP contribution in [0.1, 0.15) is 55.6 Å². The van der Waals surface area contributed by atoms with Crippen molar-refractivity contribution in [3.63, 3.8) is 0 Å². The quantitative estimate of drug-likeness (QED) is 0.0461. The molecule has 0 saturated carbocycles. The van der Waals surface area contributed by atoms with Crippen molar-refractivity contribution in [1.29, 1.82) is 0 Å². The predicted molar refractivity (Wildman–Crippen MR) is 261 cm³/mol. The first-order valence-electron chi connectivity index (χ1n) is 21.3. The number of carbonyl (C=O) groups is 6. The van der Waals surface area contributed by atoms with Crippen molar-refractivity contribution < 1.29 is 28.8 Å². The lowest BCUT2D eigenvalue weighted by Gasteiger charge is -2.36. The van der Waals surface area contributed by atoms with Gasteiger partial charge in [0.2, 0.25) is 35.4 Å². The summed E-state index contributed by atoms with van der Waals surface area (Å²) < 4.78 is 1.95. The number of aromatic nitrogens is 2. The smallest absolute Gasteiger partial charge is 0.243 e. The number of rotatable bonds is 21. The topological polar surface area (TPSA) is 192 Å². The van der Waals surface area contributed by atoms with Gasteiger partial charge in [-0.15, -0.1) is 11.8 Å². The first-order valence-corrected chi connectivity index (χ1v) is 23.4. The van der Waals surface area contributed by atoms with E-state index in [0.717, 1.165) is 25.8 Å². The Bertz CT molecular complexity index is 2290. The van der Waals surface area contributed by atoms with Crippen LogP contribution in [0.15, 0.2) is 128 Å². The SMILES string of the molecule is CNC(=O)[C@H](CSC(c1ccccc1)(c1ccccc1)c1ccccc1)NC(=O)[C@@H](NC(=O)[C@H](C)NC(=O)[C@H](Cc1cncn1C)NC(=O)[C@H](Cc1ccc(I)cc1)NC(C)=O)C(C)C. The van der Waals surface area contributed by atoms with Crippen molar-refractivity contribution in [2.24, 2.45) is 13.0 Å². The molecule has 0 bridgehead atoms. The number of hydrogen-bond acceptors (Lipinski definition) is 8. The van der Waals surface area contributed by atoms with Gasteiger partial charge in [0.15, 0.2) is 0 Å². The molecule has 0 spiro atoms. The molecule has 5 aromatic rings. The first kappa shape index (κ1) is 50.0. The van der Waals surface area contributed by atoms with E-state index in [4.69, 9.17) is 0 Å². The number of amides is 6. The number of halogens is 1. The van der Waals surface area contributed by atoms with E-state index in [2.05, 4.69) is 95.9 Å². The Morgan fingerprint density at radius 1 is 0.631 bits per heavy atom. The summed E-state index contributed by atoms with van der Waals surface area (Å²) in [6.07, 6.45) is 3.33. The summed E-state index contributed by atoms with van der Waals surface area (Å²) in [7, 11) is 3.26. The first-order chi connectivity index (χ1) is 31.1. The largest absolute Gasteiger partial charge is 0.357 e. The Labute approximate surface area is 398 Å². The third-order valence-electron chi connectivity index (χ3n) is 10.9. The Balaban J connectivity index is 1.32. The monoisotopic (exact) mass is 1010 g/mol. The van der Waals surface area contributed by atoms with Gasteiger partial charge in [0.1, 0.15) is 30.2 Å². The van der Waals surface area contributed by atoms with E-state index in [1.165, 1.54) is 32.7 Å². The van der Waals surface area contributed by atoms with Crippen molar-refractivity contribution in [2.45, 2.75) is 75.5 Å². The molecular weight excluding hydrogens is 956 g/mol. The fraction of sp³-hybridized carbons (Fsp3) is 0.327. The highest BCUT2D eigenvalue weighted by molar-refractivity contribution is 14.1. The molecule has 0 fully saturated rings. The number of hydrogen-bond donors (Lipinski definition) is 6. The second-order valence-corrected chi connectivity index (χ2v) is 18.6. The van der Waals surface area contributed by atoms with Crippen molar-refractivity contribution in [3.05, 3.63) is 159 Å². The van der Waals surface area contributed by atoms with Crippen LogP contribution >= 0.6 is 34.4 Å². The maximum atomic E-state index is 14.2. The van der Waals surface area contributed by atoms with Crippen molar-refractivity contribution in [1.82, 2.24) is 41.5 Å². The molecule has 5 atom stereocenters. The third kappa shape index (κ3) is 13.5. The van der Waals surface area contributed by atoms with E-state index in [-0.39, 0.29) is 18.6 Å². The highest BCUT2D eigenvalue weighted by Gasteiger charge is 2.39. The standard InChI is InChI=1S/C49H57IN8O6S/c1-31(2)43(48(64)56-42(45(61)51-5)29-65-49(35-16-10-7-11-17-35,36-18-12-8-13-19-36)37-20-14-9-15-21-37)57-44(60)32(3)53-46(62)41(27-39-28-52-30-58(39)6)55-47(63)40(54-33(4)59)26-34-22-24-38(50)25-23-34/h7-25,28,30-32,40-43H,26-27,29H2,1-6H3,(H,51,61)(H,53,62)(H,54,59)(H,55,63)(H,56,64)(H,57,60)/t32-,40-,41-,42-,43-/m0/s1. The molecule has 4 aromatic carbocycles. The van der Waals surface area contributed by atoms with E-state index < -0.39 is 76.3 Å². The van der Waals surface area contributed by atoms with Crippen LogP contribution in [0.5, 0.6) is 0 Å². The Kier molecular flexibility index (Phi) is 18.3. The molecule has 1 aromatic heterocycles. The van der Waals surface area contributed by atoms with Crippen LogP contribution in [0.25, 0.3) is 0 Å². The molecular formula is C49H57IN8O6S. The Hall–Kier alpha value is -6.01. The van der Waals surface area contributed by atoms with Crippen LogP contribution in [0.4, 0.5) is 0 Å². The average Bonchev–Trinajstić information content (AvgIpc) is 3.71. The second kappa shape index (κ2) is 23.8. The maximum absolute atomic E-state index is 14.2. The van der Waals surface area contributed by atoms with Gasteiger partial charge in [0.05, 0.1) is 11.1 Å². The lowest BCUT2D eigenvalue weighted by atomic mass is 9.84. The van der Waals surface area contributed by atoms with Crippen molar-refractivity contribution in [2.75, 3.05) is 12.8 Å². The molecule has 342 valence electrons. The number of imidazole rings is 1. The number of nitrogens with zero attached hydrogens (tertiary/aromatic N) is 2. The fourth-order valence-corrected chi connectivity index (χ4v) is 9.29. The van der Waals surface area contributed by atoms with E-state index in [1.807, 2.05) is 78.9 Å². The average molecular weight is 1010 g/mol. The number of nitrogens with one attached hydrogen (secondary N) is 6. The summed E-state index contributed by atoms with van der Waals surface area (Å²) in [5.41, 5.74) is 4.41. The summed E-state index contributed by atoms with van der Waals surface area (Å²) >= 11 is 3.69. The van der Waals surface area contributed by atoms with Gasteiger partial charge < -0.3 is 36.5 Å². The van der Waals surface area contributed by atoms with Gasteiger partial charge in [0.25, 0.3) is 0 Å². The summed E-state index contributed by atoms with van der Waals surface area (Å²) in [5, 5.41) is 16.6. The highest BCUT2D eigenvalue weighted by Crippen LogP contribution is 2.48. The number of benzene rings is 4. The van der Waals surface area contributed by atoms with Gasteiger partial charge >= 0.3 is 0 Å².